The minimum atomic E-state index is -0.331. The minimum Gasteiger partial charge on any atom is -0.496 e. The molecule has 164 valence electrons. The van der Waals surface area contributed by atoms with Gasteiger partial charge in [-0.15, -0.1) is 11.3 Å². The second-order valence-electron chi connectivity index (χ2n) is 8.85. The molecule has 32 heavy (non-hydrogen) atoms. The molecule has 3 heterocycles. The first-order valence-electron chi connectivity index (χ1n) is 11.2. The van der Waals surface area contributed by atoms with Gasteiger partial charge in [0.15, 0.2) is 0 Å². The van der Waals surface area contributed by atoms with Gasteiger partial charge in [0.1, 0.15) is 10.4 Å². The zero-order valence-electron chi connectivity index (χ0n) is 17.9. The molecule has 0 bridgehead atoms. The summed E-state index contributed by atoms with van der Waals surface area (Å²) in [6.45, 7) is 1.36. The van der Waals surface area contributed by atoms with Crippen LogP contribution in [-0.4, -0.2) is 29.2 Å². The maximum Gasteiger partial charge on any atom is 0.328 e. The molecule has 1 unspecified atom stereocenters. The van der Waals surface area contributed by atoms with Crippen LogP contribution in [0.3, 0.4) is 0 Å². The van der Waals surface area contributed by atoms with Gasteiger partial charge in [-0.25, -0.2) is 4.79 Å². The van der Waals surface area contributed by atoms with Gasteiger partial charge in [0, 0.05) is 34.2 Å². The molecule has 0 radical (unpaired) electrons. The highest BCUT2D eigenvalue weighted by Crippen LogP contribution is 2.46. The Morgan fingerprint density at radius 3 is 2.91 bits per heavy atom. The lowest BCUT2D eigenvalue weighted by Crippen LogP contribution is -2.37. The van der Waals surface area contributed by atoms with E-state index in [2.05, 4.69) is 22.4 Å². The van der Waals surface area contributed by atoms with Crippen molar-refractivity contribution in [1.29, 1.82) is 0 Å². The third-order valence-electron chi connectivity index (χ3n) is 7.25. The SMILES string of the molecule is COc1cccc2c1[C@@H]1C(CCn3c(=O)[nH]c4c(sc5ccccc54)c3=O)NC[C@H]1CC2. The molecular formula is C25H25N3O3S. The number of benzene rings is 2. The maximum atomic E-state index is 13.2. The summed E-state index contributed by atoms with van der Waals surface area (Å²) in [5, 5.41) is 4.61. The van der Waals surface area contributed by atoms with Crippen LogP contribution in [0.25, 0.3) is 20.3 Å². The summed E-state index contributed by atoms with van der Waals surface area (Å²) in [7, 11) is 1.73. The highest BCUT2D eigenvalue weighted by molar-refractivity contribution is 7.25. The van der Waals surface area contributed by atoms with E-state index >= 15 is 0 Å². The van der Waals surface area contributed by atoms with Crippen molar-refractivity contribution in [2.45, 2.75) is 37.8 Å². The predicted octanol–water partition coefficient (Wildman–Crippen LogP) is 3.62. The smallest absolute Gasteiger partial charge is 0.328 e. The largest absolute Gasteiger partial charge is 0.496 e. The normalized spacial score (nSPS) is 22.2. The fourth-order valence-corrected chi connectivity index (χ4v) is 6.88. The van der Waals surface area contributed by atoms with Crippen LogP contribution >= 0.6 is 11.3 Å². The van der Waals surface area contributed by atoms with Crippen molar-refractivity contribution in [2.75, 3.05) is 13.7 Å². The summed E-state index contributed by atoms with van der Waals surface area (Å²) in [6.07, 6.45) is 2.95. The molecule has 0 amide bonds. The third kappa shape index (κ3) is 2.95. The Hall–Kier alpha value is -2.90. The van der Waals surface area contributed by atoms with Gasteiger partial charge >= 0.3 is 5.69 Å². The lowest BCUT2D eigenvalue weighted by atomic mass is 9.73. The second-order valence-corrected chi connectivity index (χ2v) is 9.90. The number of H-pyrrole nitrogens is 1. The molecule has 1 fully saturated rings. The number of aromatic amines is 1. The second kappa shape index (κ2) is 7.60. The maximum absolute atomic E-state index is 13.2. The molecule has 4 aromatic rings. The number of aryl methyl sites for hydroxylation is 1. The quantitative estimate of drug-likeness (QED) is 0.501. The Balaban J connectivity index is 1.34. The molecule has 2 N–H and O–H groups in total. The third-order valence-corrected chi connectivity index (χ3v) is 8.41. The number of aromatic nitrogens is 2. The van der Waals surface area contributed by atoms with Crippen molar-refractivity contribution in [1.82, 2.24) is 14.9 Å². The Morgan fingerprint density at radius 1 is 1.16 bits per heavy atom. The van der Waals surface area contributed by atoms with Crippen molar-refractivity contribution >= 4 is 31.6 Å². The number of nitrogens with one attached hydrogen (secondary N) is 2. The molecule has 0 spiro atoms. The zero-order chi connectivity index (χ0) is 21.8. The van der Waals surface area contributed by atoms with E-state index in [1.54, 1.807) is 7.11 Å². The molecule has 6 nitrogen and oxygen atoms in total. The van der Waals surface area contributed by atoms with Crippen LogP contribution < -0.4 is 21.3 Å². The van der Waals surface area contributed by atoms with Crippen molar-refractivity contribution in [3.63, 3.8) is 0 Å². The van der Waals surface area contributed by atoms with Gasteiger partial charge in [0.25, 0.3) is 5.56 Å². The standard InChI is InChI=1S/C25H25N3O3S/c1-31-18-7-4-5-14-9-10-15-13-26-17(20(15)21(14)18)11-12-28-24(29)23-22(27-25(28)30)16-6-2-3-8-19(16)32-23/h2-8,15,17,20,26H,9-13H2,1H3,(H,27,30)/t15-,17?,20+/m1/s1. The predicted molar refractivity (Wildman–Crippen MR) is 128 cm³/mol. The summed E-state index contributed by atoms with van der Waals surface area (Å²) in [5.74, 6) is 1.86. The van der Waals surface area contributed by atoms with Gasteiger partial charge in [-0.2, -0.15) is 0 Å². The highest BCUT2D eigenvalue weighted by Gasteiger charge is 2.41. The highest BCUT2D eigenvalue weighted by atomic mass is 32.1. The van der Waals surface area contributed by atoms with Crippen LogP contribution in [0.5, 0.6) is 5.75 Å². The zero-order valence-corrected chi connectivity index (χ0v) is 18.7. The number of fused-ring (bicyclic) bond motifs is 6. The van der Waals surface area contributed by atoms with Crippen molar-refractivity contribution in [3.05, 3.63) is 74.4 Å². The summed E-state index contributed by atoms with van der Waals surface area (Å²) < 4.78 is 8.72. The van der Waals surface area contributed by atoms with Gasteiger partial charge in [-0.1, -0.05) is 30.3 Å². The molecule has 2 aromatic heterocycles. The van der Waals surface area contributed by atoms with Crippen LogP contribution in [-0.2, 0) is 13.0 Å². The van der Waals surface area contributed by atoms with Crippen LogP contribution in [0.15, 0.2) is 52.1 Å². The molecule has 2 aromatic carbocycles. The molecule has 7 heteroatoms. The average molecular weight is 448 g/mol. The van der Waals surface area contributed by atoms with E-state index in [1.165, 1.54) is 27.0 Å². The number of rotatable bonds is 4. The van der Waals surface area contributed by atoms with Gasteiger partial charge in [0.05, 0.1) is 12.6 Å². The molecule has 0 saturated carbocycles. The van der Waals surface area contributed by atoms with E-state index in [0.29, 0.717) is 28.6 Å². The van der Waals surface area contributed by atoms with E-state index in [9.17, 15) is 9.59 Å². The Kier molecular flexibility index (Phi) is 4.69. The van der Waals surface area contributed by atoms with Gasteiger partial charge in [-0.05, 0) is 49.4 Å². The van der Waals surface area contributed by atoms with Crippen molar-refractivity contribution in [2.24, 2.45) is 5.92 Å². The summed E-state index contributed by atoms with van der Waals surface area (Å²) >= 11 is 1.45. The van der Waals surface area contributed by atoms with E-state index in [0.717, 1.165) is 41.6 Å². The van der Waals surface area contributed by atoms with Gasteiger partial charge in [0.2, 0.25) is 0 Å². The van der Waals surface area contributed by atoms with E-state index in [4.69, 9.17) is 4.74 Å². The lowest BCUT2D eigenvalue weighted by Gasteiger charge is -2.32. The number of methoxy groups -OCH3 is 1. The molecular weight excluding hydrogens is 422 g/mol. The number of hydrogen-bond acceptors (Lipinski definition) is 5. The van der Waals surface area contributed by atoms with Gasteiger partial charge < -0.3 is 15.0 Å². The summed E-state index contributed by atoms with van der Waals surface area (Å²) in [6, 6.07) is 14.3. The number of hydrogen-bond donors (Lipinski definition) is 2. The average Bonchev–Trinajstić information content (AvgIpc) is 3.40. The molecule has 1 saturated heterocycles. The van der Waals surface area contributed by atoms with Crippen molar-refractivity contribution < 1.29 is 4.74 Å². The number of ether oxygens (including phenoxy) is 1. The fraction of sp³-hybridized carbons (Fsp3) is 0.360. The van der Waals surface area contributed by atoms with Gasteiger partial charge in [-0.3, -0.25) is 9.36 Å². The van der Waals surface area contributed by atoms with E-state index < -0.39 is 0 Å². The number of thiophene rings is 1. The minimum absolute atomic E-state index is 0.193. The molecule has 6 rings (SSSR count). The van der Waals surface area contributed by atoms with Crippen LogP contribution in [0.1, 0.15) is 29.9 Å². The van der Waals surface area contributed by atoms with E-state index in [1.807, 2.05) is 30.3 Å². The monoisotopic (exact) mass is 447 g/mol. The van der Waals surface area contributed by atoms with Crippen LogP contribution in [0, 0.1) is 5.92 Å². The summed E-state index contributed by atoms with van der Waals surface area (Å²) in [4.78, 5) is 29.0. The molecule has 2 aliphatic rings. The first-order valence-corrected chi connectivity index (χ1v) is 12.0. The number of nitrogens with zero attached hydrogens (tertiary/aromatic N) is 1. The van der Waals surface area contributed by atoms with Crippen molar-refractivity contribution in [3.8, 4) is 5.75 Å². The first-order chi connectivity index (χ1) is 15.7. The molecule has 1 aliphatic heterocycles. The lowest BCUT2D eigenvalue weighted by molar-refractivity contribution is 0.358. The summed E-state index contributed by atoms with van der Waals surface area (Å²) in [5.41, 5.74) is 2.80. The Labute approximate surface area is 188 Å². The Bertz CT molecular complexity index is 1440. The Morgan fingerprint density at radius 2 is 2.03 bits per heavy atom. The first kappa shape index (κ1) is 19.8. The van der Waals surface area contributed by atoms with Crippen LogP contribution in [0.2, 0.25) is 0 Å². The van der Waals surface area contributed by atoms with E-state index in [-0.39, 0.29) is 17.3 Å². The molecule has 1 aliphatic carbocycles. The topological polar surface area (TPSA) is 76.1 Å². The molecule has 3 atom stereocenters. The fourth-order valence-electron chi connectivity index (χ4n) is 5.77. The van der Waals surface area contributed by atoms with Crippen LogP contribution in [0.4, 0.5) is 0 Å².